The van der Waals surface area contributed by atoms with E-state index in [0.29, 0.717) is 36.0 Å². The van der Waals surface area contributed by atoms with Gasteiger partial charge in [-0.2, -0.15) is 4.31 Å². The molecule has 2 heterocycles. The molecule has 4 rings (SSSR count). The fraction of sp³-hybridized carbons (Fsp3) is 0.318. The van der Waals surface area contributed by atoms with Crippen LogP contribution in [0.4, 0.5) is 4.39 Å². The summed E-state index contributed by atoms with van der Waals surface area (Å²) in [5.41, 5.74) is 2.03. The minimum Gasteiger partial charge on any atom is -0.451 e. The molecule has 1 aliphatic heterocycles. The number of fused-ring (bicyclic) bond motifs is 1. The molecule has 1 saturated heterocycles. The average Bonchev–Trinajstić information content (AvgIpc) is 2.90. The number of furan rings is 1. The van der Waals surface area contributed by atoms with E-state index < -0.39 is 15.8 Å². The highest BCUT2D eigenvalue weighted by Crippen LogP contribution is 2.27. The molecule has 158 valence electrons. The first-order chi connectivity index (χ1) is 14.3. The van der Waals surface area contributed by atoms with Gasteiger partial charge in [-0.3, -0.25) is 4.79 Å². The zero-order chi connectivity index (χ0) is 21.5. The highest BCUT2D eigenvalue weighted by Gasteiger charge is 2.30. The van der Waals surface area contributed by atoms with Crippen LogP contribution < -0.4 is 0 Å². The Morgan fingerprint density at radius 2 is 1.73 bits per heavy atom. The lowest BCUT2D eigenvalue weighted by molar-refractivity contribution is 0.0733. The van der Waals surface area contributed by atoms with Gasteiger partial charge < -0.3 is 9.32 Å². The van der Waals surface area contributed by atoms with E-state index in [0.717, 1.165) is 5.56 Å². The van der Waals surface area contributed by atoms with Crippen LogP contribution in [0.15, 0.2) is 51.8 Å². The molecule has 0 aliphatic carbocycles. The normalized spacial score (nSPS) is 16.0. The van der Waals surface area contributed by atoms with Crippen LogP contribution in [0, 0.1) is 19.7 Å². The number of nitrogens with zero attached hydrogens (tertiary/aromatic N) is 2. The van der Waals surface area contributed by atoms with Crippen molar-refractivity contribution in [1.82, 2.24) is 9.21 Å². The molecule has 0 saturated carbocycles. The van der Waals surface area contributed by atoms with Gasteiger partial charge in [0.05, 0.1) is 4.90 Å². The van der Waals surface area contributed by atoms with Crippen molar-refractivity contribution in [2.75, 3.05) is 26.2 Å². The predicted molar refractivity (Wildman–Crippen MR) is 111 cm³/mol. The van der Waals surface area contributed by atoms with Gasteiger partial charge in [0.15, 0.2) is 5.76 Å². The third-order valence-electron chi connectivity index (χ3n) is 5.49. The molecule has 30 heavy (non-hydrogen) atoms. The standard InChI is InChI=1S/C22H23FN2O4S/c1-15-4-7-18(8-5-15)30(27,28)25-11-3-10-24(12-13-25)22(26)21-16(2)19-14-17(23)6-9-20(19)29-21/h4-9,14H,3,10-13H2,1-2H3. The molecule has 1 aromatic heterocycles. The molecule has 0 N–H and O–H groups in total. The lowest BCUT2D eigenvalue weighted by Crippen LogP contribution is -2.37. The lowest BCUT2D eigenvalue weighted by atomic mass is 10.1. The maximum atomic E-state index is 13.6. The summed E-state index contributed by atoms with van der Waals surface area (Å²) >= 11 is 0. The molecule has 0 atom stereocenters. The second-order valence-electron chi connectivity index (χ2n) is 7.56. The Labute approximate surface area is 174 Å². The second kappa shape index (κ2) is 7.85. The number of amides is 1. The van der Waals surface area contributed by atoms with Crippen molar-refractivity contribution in [3.63, 3.8) is 0 Å². The zero-order valence-electron chi connectivity index (χ0n) is 16.9. The van der Waals surface area contributed by atoms with E-state index in [9.17, 15) is 17.6 Å². The molecule has 8 heteroatoms. The van der Waals surface area contributed by atoms with Crippen molar-refractivity contribution in [3.8, 4) is 0 Å². The van der Waals surface area contributed by atoms with Crippen LogP contribution in [-0.2, 0) is 10.0 Å². The molecule has 0 radical (unpaired) electrons. The number of sulfonamides is 1. The Balaban J connectivity index is 1.54. The summed E-state index contributed by atoms with van der Waals surface area (Å²) in [5.74, 6) is -0.527. The van der Waals surface area contributed by atoms with E-state index in [-0.39, 0.29) is 29.7 Å². The summed E-state index contributed by atoms with van der Waals surface area (Å²) in [7, 11) is -3.62. The third-order valence-corrected chi connectivity index (χ3v) is 7.41. The topological polar surface area (TPSA) is 70.8 Å². The molecule has 6 nitrogen and oxygen atoms in total. The summed E-state index contributed by atoms with van der Waals surface area (Å²) in [6.07, 6.45) is 0.519. The van der Waals surface area contributed by atoms with E-state index in [4.69, 9.17) is 4.42 Å². The number of rotatable bonds is 3. The smallest absolute Gasteiger partial charge is 0.289 e. The number of carbonyl (C=O) groups is 1. The Bertz CT molecular complexity index is 1200. The zero-order valence-corrected chi connectivity index (χ0v) is 17.7. The Hall–Kier alpha value is -2.71. The third kappa shape index (κ3) is 3.73. The van der Waals surface area contributed by atoms with E-state index in [1.54, 1.807) is 36.1 Å². The molecule has 1 amide bonds. The number of carbonyl (C=O) groups excluding carboxylic acids is 1. The van der Waals surface area contributed by atoms with E-state index in [2.05, 4.69) is 0 Å². The van der Waals surface area contributed by atoms with Gasteiger partial charge in [0.25, 0.3) is 5.91 Å². The summed E-state index contributed by atoms with van der Waals surface area (Å²) in [6, 6.07) is 10.9. The van der Waals surface area contributed by atoms with Crippen molar-refractivity contribution in [1.29, 1.82) is 0 Å². The number of hydrogen-bond donors (Lipinski definition) is 0. The molecule has 0 spiro atoms. The fourth-order valence-corrected chi connectivity index (χ4v) is 5.21. The molecule has 2 aromatic carbocycles. The Morgan fingerprint density at radius 1 is 1.00 bits per heavy atom. The van der Waals surface area contributed by atoms with Gasteiger partial charge in [0.1, 0.15) is 11.4 Å². The monoisotopic (exact) mass is 430 g/mol. The molecule has 0 bridgehead atoms. The number of aryl methyl sites for hydroxylation is 2. The summed E-state index contributed by atoms with van der Waals surface area (Å²) in [4.78, 5) is 14.9. The minimum atomic E-state index is -3.62. The molecule has 1 fully saturated rings. The Kier molecular flexibility index (Phi) is 5.38. The number of benzene rings is 2. The van der Waals surface area contributed by atoms with Crippen LogP contribution >= 0.6 is 0 Å². The fourth-order valence-electron chi connectivity index (χ4n) is 3.74. The highest BCUT2D eigenvalue weighted by molar-refractivity contribution is 7.89. The maximum absolute atomic E-state index is 13.6. The van der Waals surface area contributed by atoms with E-state index >= 15 is 0 Å². The first-order valence-corrected chi connectivity index (χ1v) is 11.3. The SMILES string of the molecule is Cc1ccc(S(=O)(=O)N2CCCN(C(=O)c3oc4ccc(F)cc4c3C)CC2)cc1. The molecule has 0 unspecified atom stereocenters. The number of hydrogen-bond acceptors (Lipinski definition) is 4. The van der Waals surface area contributed by atoms with Gasteiger partial charge >= 0.3 is 0 Å². The van der Waals surface area contributed by atoms with Gasteiger partial charge in [-0.25, -0.2) is 12.8 Å². The van der Waals surface area contributed by atoms with Crippen LogP contribution in [0.3, 0.4) is 0 Å². The summed E-state index contributed by atoms with van der Waals surface area (Å²) < 4.78 is 46.6. The van der Waals surface area contributed by atoms with Gasteiger partial charge in [-0.1, -0.05) is 17.7 Å². The molecule has 1 aliphatic rings. The van der Waals surface area contributed by atoms with Crippen LogP contribution in [0.1, 0.15) is 28.1 Å². The van der Waals surface area contributed by atoms with Crippen LogP contribution in [0.25, 0.3) is 11.0 Å². The van der Waals surface area contributed by atoms with Gasteiger partial charge in [-0.15, -0.1) is 0 Å². The minimum absolute atomic E-state index is 0.172. The lowest BCUT2D eigenvalue weighted by Gasteiger charge is -2.21. The second-order valence-corrected chi connectivity index (χ2v) is 9.50. The van der Waals surface area contributed by atoms with Crippen molar-refractivity contribution < 1.29 is 22.0 Å². The van der Waals surface area contributed by atoms with E-state index in [1.807, 2.05) is 6.92 Å². The van der Waals surface area contributed by atoms with Crippen LogP contribution in [-0.4, -0.2) is 49.7 Å². The highest BCUT2D eigenvalue weighted by atomic mass is 32.2. The van der Waals surface area contributed by atoms with Crippen LogP contribution in [0.5, 0.6) is 0 Å². The van der Waals surface area contributed by atoms with E-state index in [1.165, 1.54) is 22.5 Å². The molecular weight excluding hydrogens is 407 g/mol. The molecule has 3 aromatic rings. The predicted octanol–water partition coefficient (Wildman–Crippen LogP) is 3.73. The van der Waals surface area contributed by atoms with Gasteiger partial charge in [0, 0.05) is 37.1 Å². The van der Waals surface area contributed by atoms with Crippen LogP contribution in [0.2, 0.25) is 0 Å². The number of halogens is 1. The van der Waals surface area contributed by atoms with Crippen molar-refractivity contribution in [2.45, 2.75) is 25.2 Å². The summed E-state index contributed by atoms with van der Waals surface area (Å²) in [5, 5.41) is 0.566. The summed E-state index contributed by atoms with van der Waals surface area (Å²) in [6.45, 7) is 4.85. The average molecular weight is 431 g/mol. The van der Waals surface area contributed by atoms with Gasteiger partial charge in [0.2, 0.25) is 10.0 Å². The van der Waals surface area contributed by atoms with Crippen molar-refractivity contribution in [2.24, 2.45) is 0 Å². The van der Waals surface area contributed by atoms with Gasteiger partial charge in [-0.05, 0) is 50.6 Å². The van der Waals surface area contributed by atoms with Crippen molar-refractivity contribution in [3.05, 3.63) is 65.2 Å². The first-order valence-electron chi connectivity index (χ1n) is 9.82. The largest absolute Gasteiger partial charge is 0.451 e. The Morgan fingerprint density at radius 3 is 2.47 bits per heavy atom. The first kappa shape index (κ1) is 20.6. The quantitative estimate of drug-likeness (QED) is 0.635. The van der Waals surface area contributed by atoms with Crippen molar-refractivity contribution >= 4 is 26.9 Å². The molecular formula is C22H23FN2O4S. The maximum Gasteiger partial charge on any atom is 0.289 e.